The molecule has 1 saturated heterocycles. The van der Waals surface area contributed by atoms with E-state index >= 15 is 0 Å². The third-order valence-electron chi connectivity index (χ3n) is 2.83. The molecular formula is C11H16N6O4. The second-order valence-corrected chi connectivity index (χ2v) is 4.30. The van der Waals surface area contributed by atoms with Gasteiger partial charge in [0.2, 0.25) is 0 Å². The van der Waals surface area contributed by atoms with Gasteiger partial charge in [0.15, 0.2) is 6.29 Å². The largest absolute Gasteiger partial charge is 0.461 e. The average molecular weight is 296 g/mol. The summed E-state index contributed by atoms with van der Waals surface area (Å²) in [7, 11) is 0. The average Bonchev–Trinajstić information content (AvgIpc) is 2.43. The summed E-state index contributed by atoms with van der Waals surface area (Å²) in [6.45, 7) is 6.53. The summed E-state index contributed by atoms with van der Waals surface area (Å²) < 4.78 is 16.1. The lowest BCUT2D eigenvalue weighted by atomic mass is 9.96. The van der Waals surface area contributed by atoms with Crippen molar-refractivity contribution in [2.45, 2.75) is 44.4 Å². The van der Waals surface area contributed by atoms with Crippen LogP contribution in [0.25, 0.3) is 20.9 Å². The van der Waals surface area contributed by atoms with Gasteiger partial charge in [0, 0.05) is 16.7 Å². The molecule has 10 heteroatoms. The third-order valence-corrected chi connectivity index (χ3v) is 2.83. The van der Waals surface area contributed by atoms with Crippen LogP contribution in [0.2, 0.25) is 0 Å². The lowest BCUT2D eigenvalue weighted by molar-refractivity contribution is -0.228. The Balaban J connectivity index is 3.12. The van der Waals surface area contributed by atoms with Crippen LogP contribution in [0.3, 0.4) is 0 Å². The van der Waals surface area contributed by atoms with E-state index in [9.17, 15) is 4.79 Å². The van der Waals surface area contributed by atoms with E-state index in [1.165, 1.54) is 13.0 Å². The lowest BCUT2D eigenvalue weighted by Crippen LogP contribution is -2.57. The summed E-state index contributed by atoms with van der Waals surface area (Å²) in [6, 6.07) is -1.79. The summed E-state index contributed by atoms with van der Waals surface area (Å²) in [5.41, 5.74) is 17.3. The fraction of sp³-hybridized carbons (Fsp3) is 0.727. The van der Waals surface area contributed by atoms with Gasteiger partial charge in [-0.05, 0) is 18.0 Å². The smallest absolute Gasteiger partial charge is 0.302 e. The van der Waals surface area contributed by atoms with E-state index in [1.807, 2.05) is 0 Å². The second kappa shape index (κ2) is 8.13. The van der Waals surface area contributed by atoms with E-state index in [2.05, 4.69) is 26.6 Å². The first kappa shape index (κ1) is 16.8. The molecule has 1 fully saturated rings. The molecule has 21 heavy (non-hydrogen) atoms. The zero-order valence-corrected chi connectivity index (χ0v) is 11.7. The summed E-state index contributed by atoms with van der Waals surface area (Å²) in [5.74, 6) is -0.590. The Hall–Kier alpha value is -2.25. The van der Waals surface area contributed by atoms with E-state index < -0.39 is 36.6 Å². The maximum Gasteiger partial charge on any atom is 0.302 e. The van der Waals surface area contributed by atoms with Gasteiger partial charge in [0.25, 0.3) is 0 Å². The van der Waals surface area contributed by atoms with E-state index in [1.54, 1.807) is 6.92 Å². The number of carbonyl (C=O) groups excluding carboxylic acids is 1. The van der Waals surface area contributed by atoms with Gasteiger partial charge >= 0.3 is 5.97 Å². The SMILES string of the molecule is C=CCO[C@@H]1O[C@@H](C)[C@H](N=[N+]=[N-])[C@H](OC(C)=O)[C@H]1N=[N+]=[N-]. The first-order chi connectivity index (χ1) is 10.0. The molecule has 0 amide bonds. The minimum Gasteiger partial charge on any atom is -0.461 e. The zero-order chi connectivity index (χ0) is 15.8. The Morgan fingerprint density at radius 3 is 2.52 bits per heavy atom. The Kier molecular flexibility index (Phi) is 6.51. The van der Waals surface area contributed by atoms with Crippen LogP contribution in [-0.4, -0.2) is 43.2 Å². The molecule has 0 radical (unpaired) electrons. The normalized spacial score (nSPS) is 31.4. The molecule has 0 bridgehead atoms. The van der Waals surface area contributed by atoms with Crippen LogP contribution in [-0.2, 0) is 19.0 Å². The van der Waals surface area contributed by atoms with Crippen LogP contribution in [0.1, 0.15) is 13.8 Å². The first-order valence-electron chi connectivity index (χ1n) is 6.18. The lowest BCUT2D eigenvalue weighted by Gasteiger charge is -2.41. The predicted molar refractivity (Wildman–Crippen MR) is 71.9 cm³/mol. The van der Waals surface area contributed by atoms with Crippen LogP contribution >= 0.6 is 0 Å². The van der Waals surface area contributed by atoms with Crippen molar-refractivity contribution < 1.29 is 19.0 Å². The Bertz CT molecular complexity index is 485. The topological polar surface area (TPSA) is 142 Å². The highest BCUT2D eigenvalue weighted by atomic mass is 16.7. The molecule has 0 aromatic rings. The standard InChI is InChI=1S/C11H16N6O4/c1-4-5-19-11-9(15-17-13)10(21-7(3)18)8(14-16-12)6(2)20-11/h4,6,8-11H,1,5H2,2-3H3/t6-,8-,9+,10-,11+/m0/s1. The van der Waals surface area contributed by atoms with Crippen LogP contribution in [0.4, 0.5) is 0 Å². The Morgan fingerprint density at radius 1 is 1.38 bits per heavy atom. The summed E-state index contributed by atoms with van der Waals surface area (Å²) in [4.78, 5) is 16.7. The van der Waals surface area contributed by atoms with Gasteiger partial charge in [-0.15, -0.1) is 6.58 Å². The van der Waals surface area contributed by atoms with Crippen LogP contribution in [0, 0.1) is 0 Å². The van der Waals surface area contributed by atoms with Crippen molar-refractivity contribution in [1.29, 1.82) is 0 Å². The monoisotopic (exact) mass is 296 g/mol. The minimum absolute atomic E-state index is 0.161. The number of rotatable bonds is 6. The van der Waals surface area contributed by atoms with E-state index in [-0.39, 0.29) is 6.61 Å². The molecule has 1 rings (SSSR count). The van der Waals surface area contributed by atoms with Crippen LogP contribution in [0.5, 0.6) is 0 Å². The second-order valence-electron chi connectivity index (χ2n) is 4.30. The van der Waals surface area contributed by atoms with Crippen molar-refractivity contribution in [3.8, 4) is 0 Å². The summed E-state index contributed by atoms with van der Waals surface area (Å²) in [6.07, 6.45) is -0.969. The maximum atomic E-state index is 11.2. The minimum atomic E-state index is -0.967. The van der Waals surface area contributed by atoms with E-state index in [4.69, 9.17) is 25.3 Å². The summed E-state index contributed by atoms with van der Waals surface area (Å²) >= 11 is 0. The van der Waals surface area contributed by atoms with Crippen LogP contribution in [0.15, 0.2) is 22.9 Å². The molecule has 0 aliphatic carbocycles. The van der Waals surface area contributed by atoms with Crippen molar-refractivity contribution >= 4 is 5.97 Å². The number of carbonyl (C=O) groups is 1. The highest BCUT2D eigenvalue weighted by molar-refractivity contribution is 5.66. The summed E-state index contributed by atoms with van der Waals surface area (Å²) in [5, 5.41) is 7.12. The number of azide groups is 2. The van der Waals surface area contributed by atoms with Crippen molar-refractivity contribution in [1.82, 2.24) is 0 Å². The Labute approximate surface area is 120 Å². The zero-order valence-electron chi connectivity index (χ0n) is 11.7. The molecule has 1 heterocycles. The maximum absolute atomic E-state index is 11.2. The molecule has 0 saturated carbocycles. The molecule has 1 aliphatic heterocycles. The van der Waals surface area contributed by atoms with Gasteiger partial charge in [0.1, 0.15) is 18.2 Å². The molecule has 1 aliphatic rings. The quantitative estimate of drug-likeness (QED) is 0.243. The molecule has 10 nitrogen and oxygen atoms in total. The van der Waals surface area contributed by atoms with Gasteiger partial charge in [-0.2, -0.15) is 0 Å². The van der Waals surface area contributed by atoms with Gasteiger partial charge in [0.05, 0.1) is 12.7 Å². The van der Waals surface area contributed by atoms with E-state index in [0.29, 0.717) is 0 Å². The number of nitrogens with zero attached hydrogens (tertiary/aromatic N) is 6. The van der Waals surface area contributed by atoms with Gasteiger partial charge in [-0.1, -0.05) is 16.3 Å². The highest BCUT2D eigenvalue weighted by Gasteiger charge is 2.46. The fourth-order valence-electron chi connectivity index (χ4n) is 2.03. The molecule has 0 aromatic carbocycles. The first-order valence-corrected chi connectivity index (χ1v) is 6.18. The third kappa shape index (κ3) is 4.37. The molecule has 114 valence electrons. The highest BCUT2D eigenvalue weighted by Crippen LogP contribution is 2.29. The molecule has 0 aromatic heterocycles. The molecule has 0 unspecified atom stereocenters. The number of hydrogen-bond donors (Lipinski definition) is 0. The molecule has 0 spiro atoms. The predicted octanol–water partition coefficient (Wildman–Crippen LogP) is 2.22. The van der Waals surface area contributed by atoms with Crippen LogP contribution < -0.4 is 0 Å². The molecular weight excluding hydrogens is 280 g/mol. The molecule has 0 N–H and O–H groups in total. The van der Waals surface area contributed by atoms with Crippen molar-refractivity contribution in [2.75, 3.05) is 6.61 Å². The van der Waals surface area contributed by atoms with Gasteiger partial charge in [-0.25, -0.2) is 0 Å². The van der Waals surface area contributed by atoms with Crippen molar-refractivity contribution in [2.24, 2.45) is 10.2 Å². The fourth-order valence-corrected chi connectivity index (χ4v) is 2.03. The van der Waals surface area contributed by atoms with E-state index in [0.717, 1.165) is 0 Å². The number of esters is 1. The number of ether oxygens (including phenoxy) is 3. The van der Waals surface area contributed by atoms with Crippen molar-refractivity contribution in [3.05, 3.63) is 33.5 Å². The number of hydrogen-bond acceptors (Lipinski definition) is 6. The van der Waals surface area contributed by atoms with Crippen molar-refractivity contribution in [3.63, 3.8) is 0 Å². The van der Waals surface area contributed by atoms with Gasteiger partial charge < -0.3 is 14.2 Å². The molecule has 5 atom stereocenters. The Morgan fingerprint density at radius 2 is 2.00 bits per heavy atom. The van der Waals surface area contributed by atoms with Gasteiger partial charge in [-0.3, -0.25) is 4.79 Å².